The molecule has 0 spiro atoms. The van der Waals surface area contributed by atoms with Crippen LogP contribution in [-0.4, -0.2) is 18.6 Å². The van der Waals surface area contributed by atoms with Gasteiger partial charge in [-0.2, -0.15) is 11.3 Å². The first-order valence-corrected chi connectivity index (χ1v) is 8.91. The van der Waals surface area contributed by atoms with Crippen LogP contribution in [0.15, 0.2) is 41.1 Å². The molecule has 0 saturated heterocycles. The number of hydrogen-bond donors (Lipinski definition) is 2. The molecule has 4 nitrogen and oxygen atoms in total. The number of amides is 1. The van der Waals surface area contributed by atoms with Crippen LogP contribution in [0.1, 0.15) is 36.9 Å². The van der Waals surface area contributed by atoms with Crippen LogP contribution in [0.5, 0.6) is 5.75 Å². The van der Waals surface area contributed by atoms with Gasteiger partial charge in [0.1, 0.15) is 5.75 Å². The van der Waals surface area contributed by atoms with Gasteiger partial charge in [-0.1, -0.05) is 12.1 Å². The minimum absolute atomic E-state index is 0.0395. The molecule has 1 aliphatic rings. The molecule has 0 radical (unpaired) electrons. The van der Waals surface area contributed by atoms with Crippen molar-refractivity contribution in [2.24, 2.45) is 0 Å². The van der Waals surface area contributed by atoms with Crippen LogP contribution in [0.25, 0.3) is 0 Å². The average Bonchev–Trinajstić information content (AvgIpc) is 3.22. The Labute approximate surface area is 140 Å². The highest BCUT2D eigenvalue weighted by Crippen LogP contribution is 2.20. The van der Waals surface area contributed by atoms with Crippen LogP contribution in [-0.2, 0) is 11.3 Å². The van der Waals surface area contributed by atoms with E-state index < -0.39 is 0 Å². The van der Waals surface area contributed by atoms with E-state index in [1.54, 1.807) is 11.3 Å². The molecular formula is C18H22N2O2S. The van der Waals surface area contributed by atoms with Crippen molar-refractivity contribution < 1.29 is 9.53 Å². The van der Waals surface area contributed by atoms with Crippen molar-refractivity contribution in [2.45, 2.75) is 38.4 Å². The smallest absolute Gasteiger partial charge is 0.258 e. The minimum atomic E-state index is -0.0395. The zero-order valence-electron chi connectivity index (χ0n) is 13.2. The molecule has 23 heavy (non-hydrogen) atoms. The molecule has 0 bridgehead atoms. The number of thiophene rings is 1. The van der Waals surface area contributed by atoms with Crippen molar-refractivity contribution in [1.29, 1.82) is 0 Å². The first-order valence-electron chi connectivity index (χ1n) is 7.97. The van der Waals surface area contributed by atoms with Crippen molar-refractivity contribution in [3.05, 3.63) is 52.2 Å². The Hall–Kier alpha value is -1.85. The molecule has 0 aliphatic heterocycles. The van der Waals surface area contributed by atoms with Crippen LogP contribution in [0.2, 0.25) is 0 Å². The van der Waals surface area contributed by atoms with Gasteiger partial charge in [0.05, 0.1) is 0 Å². The molecule has 1 amide bonds. The van der Waals surface area contributed by atoms with Crippen molar-refractivity contribution in [3.63, 3.8) is 0 Å². The lowest BCUT2D eigenvalue weighted by Gasteiger charge is -2.14. The lowest BCUT2D eigenvalue weighted by molar-refractivity contribution is -0.123. The molecule has 1 heterocycles. The Kier molecular flexibility index (Phi) is 5.31. The number of nitrogens with one attached hydrogen (secondary N) is 2. The highest BCUT2D eigenvalue weighted by Gasteiger charge is 2.23. The topological polar surface area (TPSA) is 50.4 Å². The van der Waals surface area contributed by atoms with Crippen molar-refractivity contribution in [1.82, 2.24) is 10.6 Å². The molecule has 122 valence electrons. The second kappa shape index (κ2) is 7.62. The number of rotatable bonds is 8. The Morgan fingerprint density at radius 1 is 1.30 bits per heavy atom. The number of carbonyl (C=O) groups is 1. The fourth-order valence-corrected chi connectivity index (χ4v) is 2.95. The summed E-state index contributed by atoms with van der Waals surface area (Å²) in [6.45, 7) is 3.09. The first kappa shape index (κ1) is 16.0. The van der Waals surface area contributed by atoms with Crippen LogP contribution in [0.3, 0.4) is 0 Å². The molecule has 2 N–H and O–H groups in total. The molecule has 5 heteroatoms. The molecule has 1 fully saturated rings. The Morgan fingerprint density at radius 2 is 2.09 bits per heavy atom. The normalized spacial score (nSPS) is 15.2. The third kappa shape index (κ3) is 5.08. The maximum Gasteiger partial charge on any atom is 0.258 e. The van der Waals surface area contributed by atoms with Gasteiger partial charge >= 0.3 is 0 Å². The van der Waals surface area contributed by atoms with Crippen molar-refractivity contribution in [2.75, 3.05) is 6.61 Å². The Balaban J connectivity index is 1.44. The van der Waals surface area contributed by atoms with Gasteiger partial charge in [-0.3, -0.25) is 4.79 Å². The quantitative estimate of drug-likeness (QED) is 0.781. The minimum Gasteiger partial charge on any atom is -0.484 e. The van der Waals surface area contributed by atoms with E-state index in [0.717, 1.165) is 25.1 Å². The first-order chi connectivity index (χ1) is 11.2. The lowest BCUT2D eigenvalue weighted by atomic mass is 10.1. The molecule has 1 aromatic heterocycles. The zero-order valence-corrected chi connectivity index (χ0v) is 14.1. The van der Waals surface area contributed by atoms with E-state index in [0.29, 0.717) is 6.04 Å². The molecule has 0 unspecified atom stereocenters. The summed E-state index contributed by atoms with van der Waals surface area (Å²) in [6.07, 6.45) is 2.19. The standard InChI is InChI=1S/C18H22N2O2S/c1-13(19-10-14-8-9-23-12-14)15-2-6-17(7-3-15)22-11-18(21)20-16-4-5-16/h2-3,6-9,12-13,16,19H,4-5,10-11H2,1H3,(H,20,21)/t13-/m0/s1. The molecule has 1 saturated carbocycles. The summed E-state index contributed by atoms with van der Waals surface area (Å²) in [7, 11) is 0. The van der Waals surface area contributed by atoms with Gasteiger partial charge in [-0.25, -0.2) is 0 Å². The summed E-state index contributed by atoms with van der Waals surface area (Å²) in [4.78, 5) is 11.6. The summed E-state index contributed by atoms with van der Waals surface area (Å²) in [5.41, 5.74) is 2.51. The van der Waals surface area contributed by atoms with E-state index in [1.165, 1.54) is 11.1 Å². The van der Waals surface area contributed by atoms with Crippen LogP contribution in [0, 0.1) is 0 Å². The number of carbonyl (C=O) groups excluding carboxylic acids is 1. The van der Waals surface area contributed by atoms with Crippen molar-refractivity contribution in [3.8, 4) is 5.75 Å². The molecule has 2 aromatic rings. The van der Waals surface area contributed by atoms with Crippen LogP contribution in [0.4, 0.5) is 0 Å². The van der Waals surface area contributed by atoms with E-state index in [4.69, 9.17) is 4.74 Å². The van der Waals surface area contributed by atoms with Crippen LogP contribution >= 0.6 is 11.3 Å². The summed E-state index contributed by atoms with van der Waals surface area (Å²) in [6, 6.07) is 10.7. The number of benzene rings is 1. The van der Waals surface area contributed by atoms with Gasteiger partial charge in [-0.05, 0) is 59.9 Å². The predicted octanol–water partition coefficient (Wildman–Crippen LogP) is 3.26. The van der Waals surface area contributed by atoms with Gasteiger partial charge in [0.15, 0.2) is 6.61 Å². The second-order valence-corrected chi connectivity index (χ2v) is 6.71. The van der Waals surface area contributed by atoms with Gasteiger partial charge in [-0.15, -0.1) is 0 Å². The fourth-order valence-electron chi connectivity index (χ4n) is 2.28. The number of ether oxygens (including phenoxy) is 1. The molecule has 1 atom stereocenters. The van der Waals surface area contributed by atoms with Crippen LogP contribution < -0.4 is 15.4 Å². The predicted molar refractivity (Wildman–Crippen MR) is 92.7 cm³/mol. The second-order valence-electron chi connectivity index (χ2n) is 5.93. The monoisotopic (exact) mass is 330 g/mol. The lowest BCUT2D eigenvalue weighted by Crippen LogP contribution is -2.30. The number of hydrogen-bond acceptors (Lipinski definition) is 4. The zero-order chi connectivity index (χ0) is 16.1. The summed E-state index contributed by atoms with van der Waals surface area (Å²) < 4.78 is 5.52. The SMILES string of the molecule is C[C@H](NCc1ccsc1)c1ccc(OCC(=O)NC2CC2)cc1. The van der Waals surface area contributed by atoms with Gasteiger partial charge < -0.3 is 15.4 Å². The summed E-state index contributed by atoms with van der Waals surface area (Å²) >= 11 is 1.71. The Morgan fingerprint density at radius 3 is 2.74 bits per heavy atom. The maximum absolute atomic E-state index is 11.6. The van der Waals surface area contributed by atoms with Gasteiger partial charge in [0.2, 0.25) is 0 Å². The highest BCUT2D eigenvalue weighted by atomic mass is 32.1. The molecule has 3 rings (SSSR count). The van der Waals surface area contributed by atoms with E-state index in [9.17, 15) is 4.79 Å². The summed E-state index contributed by atoms with van der Waals surface area (Å²) in [5.74, 6) is 0.687. The summed E-state index contributed by atoms with van der Waals surface area (Å²) in [5, 5.41) is 10.7. The Bertz CT molecular complexity index is 621. The fraction of sp³-hybridized carbons (Fsp3) is 0.389. The molecular weight excluding hydrogens is 308 g/mol. The third-order valence-electron chi connectivity index (χ3n) is 3.88. The molecule has 1 aliphatic carbocycles. The molecule has 1 aromatic carbocycles. The maximum atomic E-state index is 11.6. The van der Waals surface area contributed by atoms with Crippen molar-refractivity contribution >= 4 is 17.2 Å². The highest BCUT2D eigenvalue weighted by molar-refractivity contribution is 7.07. The van der Waals surface area contributed by atoms with Gasteiger partial charge in [0, 0.05) is 18.6 Å². The van der Waals surface area contributed by atoms with E-state index in [1.807, 2.05) is 24.3 Å². The largest absolute Gasteiger partial charge is 0.484 e. The van der Waals surface area contributed by atoms with E-state index in [-0.39, 0.29) is 18.6 Å². The van der Waals surface area contributed by atoms with Gasteiger partial charge in [0.25, 0.3) is 5.91 Å². The van der Waals surface area contributed by atoms with E-state index in [2.05, 4.69) is 34.4 Å². The average molecular weight is 330 g/mol. The third-order valence-corrected chi connectivity index (χ3v) is 4.62. The van der Waals surface area contributed by atoms with E-state index >= 15 is 0 Å².